The third kappa shape index (κ3) is 2.01. The van der Waals surface area contributed by atoms with E-state index in [1.807, 2.05) is 4.90 Å². The number of benzene rings is 1. The minimum Gasteiger partial charge on any atom is -0.505 e. The molecule has 0 bridgehead atoms. The summed E-state index contributed by atoms with van der Waals surface area (Å²) in [6, 6.07) is 2.78. The van der Waals surface area contributed by atoms with Crippen molar-refractivity contribution < 1.29 is 9.50 Å². The molecule has 0 aliphatic carbocycles. The van der Waals surface area contributed by atoms with E-state index in [2.05, 4.69) is 5.32 Å². The summed E-state index contributed by atoms with van der Waals surface area (Å²) in [7, 11) is 0. The van der Waals surface area contributed by atoms with Crippen LogP contribution < -0.4 is 10.2 Å². The fourth-order valence-electron chi connectivity index (χ4n) is 1.71. The van der Waals surface area contributed by atoms with E-state index < -0.39 is 5.82 Å². The van der Waals surface area contributed by atoms with E-state index in [4.69, 9.17) is 11.6 Å². The van der Waals surface area contributed by atoms with E-state index in [0.29, 0.717) is 23.8 Å². The molecule has 0 saturated carbocycles. The molecule has 1 aliphatic rings. The van der Waals surface area contributed by atoms with Gasteiger partial charge in [0.2, 0.25) is 0 Å². The number of rotatable bonds is 1. The third-order valence-electron chi connectivity index (χ3n) is 2.48. The molecule has 0 atom stereocenters. The molecule has 1 aliphatic heterocycles. The number of phenolic OH excluding ortho intramolecular Hbond substituents is 1. The number of aromatic hydroxyl groups is 1. The van der Waals surface area contributed by atoms with Gasteiger partial charge in [0.15, 0.2) is 11.6 Å². The van der Waals surface area contributed by atoms with Gasteiger partial charge in [-0.25, -0.2) is 4.39 Å². The summed E-state index contributed by atoms with van der Waals surface area (Å²) >= 11 is 5.92. The van der Waals surface area contributed by atoms with Crippen molar-refractivity contribution in [1.82, 2.24) is 5.32 Å². The van der Waals surface area contributed by atoms with E-state index in [1.165, 1.54) is 12.1 Å². The Kier molecular flexibility index (Phi) is 2.98. The normalized spacial score (nSPS) is 16.8. The molecular formula is C10H12ClFN2O. The van der Waals surface area contributed by atoms with Gasteiger partial charge in [-0.05, 0) is 12.1 Å². The molecule has 1 heterocycles. The zero-order chi connectivity index (χ0) is 10.8. The standard InChI is InChI=1S/C10H12ClFN2O/c11-7-1-2-8(15)9(12)10(7)14-5-3-13-4-6-14/h1-2,13,15H,3-6H2. The molecule has 2 N–H and O–H groups in total. The van der Waals surface area contributed by atoms with Crippen LogP contribution >= 0.6 is 11.6 Å². The molecule has 2 rings (SSSR count). The summed E-state index contributed by atoms with van der Waals surface area (Å²) < 4.78 is 13.7. The van der Waals surface area contributed by atoms with Crippen molar-refractivity contribution in [3.63, 3.8) is 0 Å². The van der Waals surface area contributed by atoms with Gasteiger partial charge in [0, 0.05) is 26.2 Å². The minimum absolute atomic E-state index is 0.304. The van der Waals surface area contributed by atoms with Crippen LogP contribution in [0.4, 0.5) is 10.1 Å². The summed E-state index contributed by atoms with van der Waals surface area (Å²) in [6.07, 6.45) is 0. The molecule has 1 aromatic rings. The third-order valence-corrected chi connectivity index (χ3v) is 2.78. The second-order valence-electron chi connectivity index (χ2n) is 3.47. The summed E-state index contributed by atoms with van der Waals surface area (Å²) in [6.45, 7) is 2.98. The van der Waals surface area contributed by atoms with Crippen LogP contribution in [0.2, 0.25) is 5.02 Å². The van der Waals surface area contributed by atoms with Crippen LogP contribution in [0, 0.1) is 5.82 Å². The number of piperazine rings is 1. The van der Waals surface area contributed by atoms with E-state index >= 15 is 0 Å². The van der Waals surface area contributed by atoms with E-state index in [9.17, 15) is 9.50 Å². The molecule has 5 heteroatoms. The Bertz CT molecular complexity index is 367. The summed E-state index contributed by atoms with van der Waals surface area (Å²) in [5.74, 6) is -0.989. The Morgan fingerprint density at radius 2 is 2.00 bits per heavy atom. The van der Waals surface area contributed by atoms with Crippen molar-refractivity contribution in [1.29, 1.82) is 0 Å². The molecule has 15 heavy (non-hydrogen) atoms. The van der Waals surface area contributed by atoms with Gasteiger partial charge >= 0.3 is 0 Å². The van der Waals surface area contributed by atoms with Crippen LogP contribution in [-0.4, -0.2) is 31.3 Å². The van der Waals surface area contributed by atoms with E-state index in [-0.39, 0.29) is 5.75 Å². The molecule has 0 radical (unpaired) electrons. The molecule has 1 fully saturated rings. The Morgan fingerprint density at radius 1 is 1.33 bits per heavy atom. The highest BCUT2D eigenvalue weighted by atomic mass is 35.5. The number of halogens is 2. The second kappa shape index (κ2) is 4.24. The molecule has 0 unspecified atom stereocenters. The molecule has 3 nitrogen and oxygen atoms in total. The lowest BCUT2D eigenvalue weighted by atomic mass is 10.2. The van der Waals surface area contributed by atoms with Crippen LogP contribution in [-0.2, 0) is 0 Å². The lowest BCUT2D eigenvalue weighted by molar-refractivity contribution is 0.431. The number of hydrogen-bond acceptors (Lipinski definition) is 3. The Balaban J connectivity index is 2.36. The molecule has 1 saturated heterocycles. The predicted octanol–water partition coefficient (Wildman–Crippen LogP) is 1.59. The first-order valence-corrected chi connectivity index (χ1v) is 5.20. The molecule has 0 amide bonds. The Hall–Kier alpha value is -1.00. The minimum atomic E-state index is -0.635. The van der Waals surface area contributed by atoms with Gasteiger partial charge in [-0.2, -0.15) is 0 Å². The van der Waals surface area contributed by atoms with Gasteiger partial charge in [0.1, 0.15) is 0 Å². The number of nitrogens with one attached hydrogen (secondary N) is 1. The average molecular weight is 231 g/mol. The van der Waals surface area contributed by atoms with Gasteiger partial charge in [-0.3, -0.25) is 0 Å². The van der Waals surface area contributed by atoms with E-state index in [1.54, 1.807) is 0 Å². The fourth-order valence-corrected chi connectivity index (χ4v) is 1.97. The number of phenols is 1. The van der Waals surface area contributed by atoms with Gasteiger partial charge in [-0.1, -0.05) is 11.6 Å². The molecule has 82 valence electrons. The maximum absolute atomic E-state index is 13.7. The Labute approximate surface area is 92.5 Å². The quantitative estimate of drug-likeness (QED) is 0.769. The zero-order valence-electron chi connectivity index (χ0n) is 8.13. The van der Waals surface area contributed by atoms with Gasteiger partial charge < -0.3 is 15.3 Å². The predicted molar refractivity (Wildman–Crippen MR) is 58.2 cm³/mol. The fraction of sp³-hybridized carbons (Fsp3) is 0.400. The maximum Gasteiger partial charge on any atom is 0.189 e. The smallest absolute Gasteiger partial charge is 0.189 e. The van der Waals surface area contributed by atoms with Crippen molar-refractivity contribution in [2.24, 2.45) is 0 Å². The second-order valence-corrected chi connectivity index (χ2v) is 3.87. The molecule has 0 aromatic heterocycles. The van der Waals surface area contributed by atoms with Crippen molar-refractivity contribution in [3.05, 3.63) is 23.0 Å². The van der Waals surface area contributed by atoms with Crippen LogP contribution in [0.1, 0.15) is 0 Å². The monoisotopic (exact) mass is 230 g/mol. The van der Waals surface area contributed by atoms with Gasteiger partial charge in [0.25, 0.3) is 0 Å². The van der Waals surface area contributed by atoms with Crippen LogP contribution in [0.5, 0.6) is 5.75 Å². The molecule has 0 spiro atoms. The zero-order valence-corrected chi connectivity index (χ0v) is 8.89. The first-order chi connectivity index (χ1) is 7.20. The van der Waals surface area contributed by atoms with Crippen LogP contribution in [0.15, 0.2) is 12.1 Å². The summed E-state index contributed by atoms with van der Waals surface area (Å²) in [5, 5.41) is 12.8. The van der Waals surface area contributed by atoms with Gasteiger partial charge in [0.05, 0.1) is 10.7 Å². The maximum atomic E-state index is 13.7. The highest BCUT2D eigenvalue weighted by Crippen LogP contribution is 2.34. The summed E-state index contributed by atoms with van der Waals surface area (Å²) in [5.41, 5.74) is 0.304. The average Bonchev–Trinajstić information content (AvgIpc) is 2.26. The molecular weight excluding hydrogens is 219 g/mol. The number of hydrogen-bond donors (Lipinski definition) is 2. The summed E-state index contributed by atoms with van der Waals surface area (Å²) in [4.78, 5) is 1.84. The number of anilines is 1. The van der Waals surface area contributed by atoms with Gasteiger partial charge in [-0.15, -0.1) is 0 Å². The van der Waals surface area contributed by atoms with Crippen molar-refractivity contribution >= 4 is 17.3 Å². The first kappa shape index (κ1) is 10.5. The largest absolute Gasteiger partial charge is 0.505 e. The van der Waals surface area contributed by atoms with Crippen LogP contribution in [0.25, 0.3) is 0 Å². The first-order valence-electron chi connectivity index (χ1n) is 4.83. The van der Waals surface area contributed by atoms with Crippen molar-refractivity contribution in [2.45, 2.75) is 0 Å². The topological polar surface area (TPSA) is 35.5 Å². The van der Waals surface area contributed by atoms with Crippen LogP contribution in [0.3, 0.4) is 0 Å². The van der Waals surface area contributed by atoms with Crippen molar-refractivity contribution in [3.8, 4) is 5.75 Å². The SMILES string of the molecule is Oc1ccc(Cl)c(N2CCNCC2)c1F. The highest BCUT2D eigenvalue weighted by molar-refractivity contribution is 6.33. The molecule has 1 aromatic carbocycles. The van der Waals surface area contributed by atoms with E-state index in [0.717, 1.165) is 13.1 Å². The lowest BCUT2D eigenvalue weighted by Crippen LogP contribution is -2.44. The lowest BCUT2D eigenvalue weighted by Gasteiger charge is -2.30. The van der Waals surface area contributed by atoms with Crippen molar-refractivity contribution in [2.75, 3.05) is 31.1 Å². The Morgan fingerprint density at radius 3 is 2.67 bits per heavy atom. The number of nitrogens with zero attached hydrogens (tertiary/aromatic N) is 1. The highest BCUT2D eigenvalue weighted by Gasteiger charge is 2.19.